The van der Waals surface area contributed by atoms with Crippen LogP contribution >= 0.6 is 12.2 Å². The summed E-state index contributed by atoms with van der Waals surface area (Å²) >= 11 is 5.13. The smallest absolute Gasteiger partial charge is 0.222 e. The van der Waals surface area contributed by atoms with Crippen molar-refractivity contribution in [3.63, 3.8) is 0 Å². The van der Waals surface area contributed by atoms with Crippen LogP contribution in [-0.2, 0) is 7.05 Å². The lowest BCUT2D eigenvalue weighted by Crippen LogP contribution is -2.35. The molecule has 4 nitrogen and oxygen atoms in total. The van der Waals surface area contributed by atoms with Gasteiger partial charge < -0.3 is 10.5 Å². The summed E-state index contributed by atoms with van der Waals surface area (Å²) in [5.41, 5.74) is 7.74. The largest absolute Gasteiger partial charge is 0.474 e. The predicted octanol–water partition coefficient (Wildman–Crippen LogP) is 2.96. The van der Waals surface area contributed by atoms with Gasteiger partial charge in [0.1, 0.15) is 11.1 Å². The number of hydrogen-bond acceptors (Lipinski definition) is 3. The highest BCUT2D eigenvalue weighted by molar-refractivity contribution is 7.80. The maximum atomic E-state index is 6.24. The lowest BCUT2D eigenvalue weighted by Gasteiger charge is -2.38. The minimum atomic E-state index is 0.205. The average molecular weight is 295 g/mol. The Kier molecular flexibility index (Phi) is 4.09. The molecule has 1 aliphatic carbocycles. The number of ether oxygens (including phenoxy) is 1. The number of hydrogen-bond donors (Lipinski definition) is 1. The second-order valence-electron chi connectivity index (χ2n) is 6.91. The Morgan fingerprint density at radius 2 is 2.10 bits per heavy atom. The molecule has 112 valence electrons. The third-order valence-electron chi connectivity index (χ3n) is 4.04. The molecule has 2 rings (SSSR count). The first-order valence-electron chi connectivity index (χ1n) is 7.19. The maximum absolute atomic E-state index is 6.24. The molecule has 5 heteroatoms. The fraction of sp³-hybridized carbons (Fsp3) is 0.733. The van der Waals surface area contributed by atoms with Crippen molar-refractivity contribution in [2.75, 3.05) is 0 Å². The molecule has 0 saturated heterocycles. The van der Waals surface area contributed by atoms with Crippen LogP contribution in [0.5, 0.6) is 5.88 Å². The van der Waals surface area contributed by atoms with Gasteiger partial charge in [-0.3, -0.25) is 0 Å². The van der Waals surface area contributed by atoms with Gasteiger partial charge in [0.25, 0.3) is 0 Å². The van der Waals surface area contributed by atoms with Crippen LogP contribution in [0.3, 0.4) is 0 Å². The molecule has 2 N–H and O–H groups in total. The summed E-state index contributed by atoms with van der Waals surface area (Å²) in [6.07, 6.45) is 3.58. The quantitative estimate of drug-likeness (QED) is 0.871. The molecule has 2 atom stereocenters. The SMILES string of the molecule is Cc1nn(C)c(OC2CC(C)CC(C)(C)C2)c1C(N)=S. The van der Waals surface area contributed by atoms with E-state index >= 15 is 0 Å². The predicted molar refractivity (Wildman–Crippen MR) is 85.0 cm³/mol. The van der Waals surface area contributed by atoms with E-state index in [1.807, 2.05) is 14.0 Å². The highest BCUT2D eigenvalue weighted by atomic mass is 32.1. The van der Waals surface area contributed by atoms with Crippen molar-refractivity contribution in [2.45, 2.75) is 53.1 Å². The van der Waals surface area contributed by atoms with Gasteiger partial charge in [-0.15, -0.1) is 0 Å². The van der Waals surface area contributed by atoms with Crippen LogP contribution < -0.4 is 10.5 Å². The Balaban J connectivity index is 2.24. The Hall–Kier alpha value is -1.10. The minimum Gasteiger partial charge on any atom is -0.474 e. The summed E-state index contributed by atoms with van der Waals surface area (Å²) in [5.74, 6) is 1.39. The molecule has 1 heterocycles. The van der Waals surface area contributed by atoms with E-state index in [0.29, 0.717) is 22.2 Å². The number of aryl methyl sites for hydroxylation is 2. The third-order valence-corrected chi connectivity index (χ3v) is 4.24. The number of nitrogens with zero attached hydrogens (tertiary/aromatic N) is 2. The van der Waals surface area contributed by atoms with E-state index in [1.54, 1.807) is 4.68 Å². The van der Waals surface area contributed by atoms with Crippen molar-refractivity contribution < 1.29 is 4.74 Å². The molecule has 1 aromatic rings. The van der Waals surface area contributed by atoms with Crippen LogP contribution in [-0.4, -0.2) is 20.9 Å². The summed E-state index contributed by atoms with van der Waals surface area (Å²) in [4.78, 5) is 0.355. The van der Waals surface area contributed by atoms with Gasteiger partial charge in [0.05, 0.1) is 11.3 Å². The number of rotatable bonds is 3. The van der Waals surface area contributed by atoms with Crippen LogP contribution in [0.25, 0.3) is 0 Å². The van der Waals surface area contributed by atoms with Crippen LogP contribution in [0.2, 0.25) is 0 Å². The van der Waals surface area contributed by atoms with Gasteiger partial charge in [-0.05, 0) is 37.5 Å². The fourth-order valence-corrected chi connectivity index (χ4v) is 3.80. The topological polar surface area (TPSA) is 53.1 Å². The number of nitrogens with two attached hydrogens (primary N) is 1. The first kappa shape index (κ1) is 15.3. The van der Waals surface area contributed by atoms with Crippen molar-refractivity contribution in [1.29, 1.82) is 0 Å². The molecule has 1 saturated carbocycles. The lowest BCUT2D eigenvalue weighted by atomic mass is 9.71. The van der Waals surface area contributed by atoms with Gasteiger partial charge >= 0.3 is 0 Å². The van der Waals surface area contributed by atoms with Crippen LogP contribution in [0.15, 0.2) is 0 Å². The van der Waals surface area contributed by atoms with Gasteiger partial charge in [0.2, 0.25) is 5.88 Å². The van der Waals surface area contributed by atoms with Crippen molar-refractivity contribution in [3.8, 4) is 5.88 Å². The second-order valence-corrected chi connectivity index (χ2v) is 7.35. The molecule has 1 aromatic heterocycles. The first-order chi connectivity index (χ1) is 9.19. The molecule has 0 amide bonds. The highest BCUT2D eigenvalue weighted by Crippen LogP contribution is 2.40. The third kappa shape index (κ3) is 3.14. The van der Waals surface area contributed by atoms with E-state index in [-0.39, 0.29) is 6.10 Å². The zero-order valence-electron chi connectivity index (χ0n) is 13.1. The van der Waals surface area contributed by atoms with Crippen molar-refractivity contribution in [1.82, 2.24) is 9.78 Å². The summed E-state index contributed by atoms with van der Waals surface area (Å²) < 4.78 is 7.98. The molecule has 1 aliphatic rings. The maximum Gasteiger partial charge on any atom is 0.222 e. The van der Waals surface area contributed by atoms with Gasteiger partial charge in [-0.1, -0.05) is 33.0 Å². The Morgan fingerprint density at radius 1 is 1.45 bits per heavy atom. The summed E-state index contributed by atoms with van der Waals surface area (Å²) in [6, 6.07) is 0. The van der Waals surface area contributed by atoms with E-state index in [1.165, 1.54) is 6.42 Å². The Bertz CT molecular complexity index is 521. The molecule has 0 bridgehead atoms. The molecule has 1 fully saturated rings. The fourth-order valence-electron chi connectivity index (χ4n) is 3.56. The average Bonchev–Trinajstić information content (AvgIpc) is 2.50. The summed E-state index contributed by atoms with van der Waals surface area (Å²) in [5, 5.41) is 4.38. The molecule has 2 unspecified atom stereocenters. The van der Waals surface area contributed by atoms with Crippen molar-refractivity contribution in [3.05, 3.63) is 11.3 Å². The first-order valence-corrected chi connectivity index (χ1v) is 7.60. The molecular formula is C15H25N3OS. The van der Waals surface area contributed by atoms with Crippen LogP contribution in [0.1, 0.15) is 51.3 Å². The summed E-state index contributed by atoms with van der Waals surface area (Å²) in [6.45, 7) is 8.82. The van der Waals surface area contributed by atoms with Gasteiger partial charge in [-0.25, -0.2) is 4.68 Å². The zero-order valence-corrected chi connectivity index (χ0v) is 13.9. The monoisotopic (exact) mass is 295 g/mol. The van der Waals surface area contributed by atoms with Gasteiger partial charge in [0.15, 0.2) is 0 Å². The Labute approximate surface area is 126 Å². The van der Waals surface area contributed by atoms with Crippen LogP contribution in [0, 0.1) is 18.3 Å². The van der Waals surface area contributed by atoms with E-state index in [0.717, 1.165) is 24.1 Å². The zero-order chi connectivity index (χ0) is 15.1. The molecular weight excluding hydrogens is 270 g/mol. The highest BCUT2D eigenvalue weighted by Gasteiger charge is 2.34. The minimum absolute atomic E-state index is 0.205. The van der Waals surface area contributed by atoms with Crippen molar-refractivity contribution >= 4 is 17.2 Å². The lowest BCUT2D eigenvalue weighted by molar-refractivity contribution is 0.0503. The molecule has 0 aliphatic heterocycles. The second kappa shape index (κ2) is 5.35. The standard InChI is InChI=1S/C15H25N3OS/c1-9-6-11(8-15(3,4)7-9)19-14-12(13(16)20)10(2)17-18(14)5/h9,11H,6-8H2,1-5H3,(H2,16,20). The van der Waals surface area contributed by atoms with E-state index < -0.39 is 0 Å². The van der Waals surface area contributed by atoms with E-state index in [4.69, 9.17) is 22.7 Å². The van der Waals surface area contributed by atoms with E-state index in [9.17, 15) is 0 Å². The van der Waals surface area contributed by atoms with Crippen molar-refractivity contribution in [2.24, 2.45) is 24.1 Å². The molecule has 0 radical (unpaired) electrons. The molecule has 0 spiro atoms. The normalized spacial score (nSPS) is 25.4. The number of thiocarbonyl (C=S) groups is 1. The number of aromatic nitrogens is 2. The van der Waals surface area contributed by atoms with E-state index in [2.05, 4.69) is 25.9 Å². The Morgan fingerprint density at radius 3 is 2.65 bits per heavy atom. The van der Waals surface area contributed by atoms with Gasteiger partial charge in [-0.2, -0.15) is 5.10 Å². The summed E-state index contributed by atoms with van der Waals surface area (Å²) in [7, 11) is 1.88. The molecule has 20 heavy (non-hydrogen) atoms. The molecule has 0 aromatic carbocycles. The van der Waals surface area contributed by atoms with Gasteiger partial charge in [0, 0.05) is 7.05 Å². The van der Waals surface area contributed by atoms with Crippen LogP contribution in [0.4, 0.5) is 0 Å².